The van der Waals surface area contributed by atoms with Gasteiger partial charge in [-0.3, -0.25) is 4.79 Å². The number of hydrogen-bond donors (Lipinski definition) is 2. The Morgan fingerprint density at radius 2 is 1.83 bits per heavy atom. The van der Waals surface area contributed by atoms with E-state index in [1.165, 1.54) is 18.2 Å². The first kappa shape index (κ1) is 17.1. The molecular weight excluding hydrogens is 329 g/mol. The van der Waals surface area contributed by atoms with Crippen molar-refractivity contribution in [2.45, 2.75) is 13.1 Å². The first-order chi connectivity index (χ1) is 10.8. The lowest BCUT2D eigenvalue weighted by Gasteiger charge is -2.14. The second-order valence-corrected chi connectivity index (χ2v) is 5.34. The molecule has 0 unspecified atom stereocenters. The predicted molar refractivity (Wildman–Crippen MR) is 84.8 cm³/mol. The summed E-state index contributed by atoms with van der Waals surface area (Å²) in [6.07, 6.45) is -4.48. The highest BCUT2D eigenvalue weighted by atomic mass is 35.5. The van der Waals surface area contributed by atoms with Crippen molar-refractivity contribution in [2.75, 3.05) is 17.2 Å². The van der Waals surface area contributed by atoms with Crippen LogP contribution in [0.4, 0.5) is 24.5 Å². The molecule has 0 aliphatic rings. The van der Waals surface area contributed by atoms with Crippen molar-refractivity contribution in [1.82, 2.24) is 0 Å². The number of benzene rings is 2. The van der Waals surface area contributed by atoms with Crippen molar-refractivity contribution in [3.8, 4) is 0 Å². The minimum atomic E-state index is -4.48. The molecule has 0 radical (unpaired) electrons. The Morgan fingerprint density at radius 3 is 2.52 bits per heavy atom. The Balaban J connectivity index is 2.04. The molecule has 2 rings (SSSR count). The van der Waals surface area contributed by atoms with E-state index < -0.39 is 17.6 Å². The summed E-state index contributed by atoms with van der Waals surface area (Å²) in [5, 5.41) is 5.58. The van der Waals surface area contributed by atoms with Gasteiger partial charge in [0.15, 0.2) is 0 Å². The molecule has 0 aliphatic carbocycles. The molecule has 7 heteroatoms. The number of para-hydroxylation sites is 1. The van der Waals surface area contributed by atoms with Crippen molar-refractivity contribution >= 4 is 28.9 Å². The smallest absolute Gasteiger partial charge is 0.376 e. The summed E-state index contributed by atoms with van der Waals surface area (Å²) in [4.78, 5) is 11.9. The maximum atomic E-state index is 12.9. The normalized spacial score (nSPS) is 11.2. The molecule has 0 spiro atoms. The van der Waals surface area contributed by atoms with Gasteiger partial charge in [0, 0.05) is 16.4 Å². The van der Waals surface area contributed by atoms with E-state index in [0.717, 1.165) is 11.6 Å². The van der Waals surface area contributed by atoms with E-state index in [9.17, 15) is 18.0 Å². The summed E-state index contributed by atoms with van der Waals surface area (Å²) in [5.74, 6) is -0.465. The zero-order valence-corrected chi connectivity index (χ0v) is 12.9. The van der Waals surface area contributed by atoms with Gasteiger partial charge in [-0.1, -0.05) is 29.8 Å². The number of rotatable bonds is 4. The molecule has 0 aliphatic heterocycles. The van der Waals surface area contributed by atoms with E-state index in [1.807, 2.05) is 0 Å². The number of hydrogen-bond acceptors (Lipinski definition) is 2. The number of alkyl halides is 3. The highest BCUT2D eigenvalue weighted by Crippen LogP contribution is 2.34. The molecule has 0 bridgehead atoms. The van der Waals surface area contributed by atoms with E-state index in [1.54, 1.807) is 25.1 Å². The summed E-state index contributed by atoms with van der Waals surface area (Å²) < 4.78 is 38.6. The second-order valence-electron chi connectivity index (χ2n) is 4.90. The third kappa shape index (κ3) is 4.63. The molecule has 122 valence electrons. The van der Waals surface area contributed by atoms with Crippen molar-refractivity contribution in [2.24, 2.45) is 0 Å². The van der Waals surface area contributed by atoms with Crippen LogP contribution in [0.5, 0.6) is 0 Å². The highest BCUT2D eigenvalue weighted by molar-refractivity contribution is 6.31. The molecule has 23 heavy (non-hydrogen) atoms. The first-order valence-corrected chi connectivity index (χ1v) is 7.11. The molecule has 0 atom stereocenters. The molecule has 1 amide bonds. The Hall–Kier alpha value is -2.21. The molecular formula is C16H14ClF3N2O. The number of anilines is 2. The lowest BCUT2D eigenvalue weighted by Crippen LogP contribution is -2.23. The Labute approximate surface area is 136 Å². The molecule has 0 fully saturated rings. The van der Waals surface area contributed by atoms with Gasteiger partial charge >= 0.3 is 6.18 Å². The number of nitrogens with one attached hydrogen (secondary N) is 2. The maximum absolute atomic E-state index is 12.9. The van der Waals surface area contributed by atoms with Gasteiger partial charge in [-0.2, -0.15) is 13.2 Å². The summed E-state index contributed by atoms with van der Waals surface area (Å²) in [5.41, 5.74) is 0.372. The van der Waals surface area contributed by atoms with E-state index in [2.05, 4.69) is 10.6 Å². The number of halogens is 4. The maximum Gasteiger partial charge on any atom is 0.418 e. The predicted octanol–water partition coefficient (Wildman–Crippen LogP) is 4.72. The van der Waals surface area contributed by atoms with Crippen LogP contribution in [0.1, 0.15) is 11.1 Å². The van der Waals surface area contributed by atoms with Crippen LogP contribution in [0.3, 0.4) is 0 Å². The number of aryl methyl sites for hydroxylation is 1. The SMILES string of the molecule is Cc1ccc(Cl)cc1NC(=O)CNc1ccccc1C(F)(F)F. The van der Waals surface area contributed by atoms with Crippen molar-refractivity contribution < 1.29 is 18.0 Å². The zero-order chi connectivity index (χ0) is 17.0. The quantitative estimate of drug-likeness (QED) is 0.844. The van der Waals surface area contributed by atoms with Gasteiger partial charge in [0.25, 0.3) is 0 Å². The molecule has 0 heterocycles. The van der Waals surface area contributed by atoms with Crippen molar-refractivity contribution in [1.29, 1.82) is 0 Å². The lowest BCUT2D eigenvalue weighted by atomic mass is 10.1. The fourth-order valence-corrected chi connectivity index (χ4v) is 2.16. The third-order valence-corrected chi connectivity index (χ3v) is 3.38. The summed E-state index contributed by atoms with van der Waals surface area (Å²) in [6, 6.07) is 10.0. The minimum absolute atomic E-state index is 0.141. The van der Waals surface area contributed by atoms with Crippen molar-refractivity contribution in [3.05, 3.63) is 58.6 Å². The lowest BCUT2D eigenvalue weighted by molar-refractivity contribution is -0.137. The number of amides is 1. The second kappa shape index (κ2) is 6.91. The van der Waals surface area contributed by atoms with Gasteiger partial charge in [0.1, 0.15) is 0 Å². The van der Waals surface area contributed by atoms with Gasteiger partial charge in [0.05, 0.1) is 12.1 Å². The standard InChI is InChI=1S/C16H14ClF3N2O/c1-10-6-7-11(17)8-14(10)22-15(23)9-21-13-5-3-2-4-12(13)16(18,19)20/h2-8,21H,9H2,1H3,(H,22,23). The molecule has 2 aromatic carbocycles. The average Bonchev–Trinajstić information content (AvgIpc) is 2.48. The first-order valence-electron chi connectivity index (χ1n) is 6.73. The minimum Gasteiger partial charge on any atom is -0.376 e. The van der Waals surface area contributed by atoms with Crippen LogP contribution in [-0.2, 0) is 11.0 Å². The fraction of sp³-hybridized carbons (Fsp3) is 0.188. The topological polar surface area (TPSA) is 41.1 Å². The zero-order valence-electron chi connectivity index (χ0n) is 12.2. The van der Waals surface area contributed by atoms with Gasteiger partial charge in [-0.05, 0) is 36.8 Å². The fourth-order valence-electron chi connectivity index (χ4n) is 1.98. The molecule has 0 saturated carbocycles. The Morgan fingerprint density at radius 1 is 1.13 bits per heavy atom. The summed E-state index contributed by atoms with van der Waals surface area (Å²) >= 11 is 5.85. The van der Waals surface area contributed by atoms with Crippen LogP contribution in [0.25, 0.3) is 0 Å². The van der Waals surface area contributed by atoms with Crippen LogP contribution in [0.15, 0.2) is 42.5 Å². The Kier molecular flexibility index (Phi) is 5.15. The van der Waals surface area contributed by atoms with Gasteiger partial charge in [0.2, 0.25) is 5.91 Å². The van der Waals surface area contributed by atoms with Gasteiger partial charge < -0.3 is 10.6 Å². The average molecular weight is 343 g/mol. The third-order valence-electron chi connectivity index (χ3n) is 3.15. The van der Waals surface area contributed by atoms with E-state index in [4.69, 9.17) is 11.6 Å². The number of carbonyl (C=O) groups is 1. The van der Waals surface area contributed by atoms with Crippen LogP contribution in [0.2, 0.25) is 5.02 Å². The molecule has 2 aromatic rings. The summed E-state index contributed by atoms with van der Waals surface area (Å²) in [6.45, 7) is 1.50. The van der Waals surface area contributed by atoms with Crippen LogP contribution >= 0.6 is 11.6 Å². The highest BCUT2D eigenvalue weighted by Gasteiger charge is 2.33. The molecule has 0 saturated heterocycles. The molecule has 0 aromatic heterocycles. The largest absolute Gasteiger partial charge is 0.418 e. The van der Waals surface area contributed by atoms with Crippen LogP contribution in [0, 0.1) is 6.92 Å². The molecule has 3 nitrogen and oxygen atoms in total. The molecule has 2 N–H and O–H groups in total. The van der Waals surface area contributed by atoms with Gasteiger partial charge in [-0.15, -0.1) is 0 Å². The van der Waals surface area contributed by atoms with Crippen LogP contribution < -0.4 is 10.6 Å². The van der Waals surface area contributed by atoms with E-state index in [0.29, 0.717) is 10.7 Å². The van der Waals surface area contributed by atoms with Crippen LogP contribution in [-0.4, -0.2) is 12.5 Å². The van der Waals surface area contributed by atoms with E-state index >= 15 is 0 Å². The van der Waals surface area contributed by atoms with Crippen molar-refractivity contribution in [3.63, 3.8) is 0 Å². The Bertz CT molecular complexity index is 717. The van der Waals surface area contributed by atoms with Gasteiger partial charge in [-0.25, -0.2) is 0 Å². The van der Waals surface area contributed by atoms with E-state index in [-0.39, 0.29) is 12.2 Å². The summed E-state index contributed by atoms with van der Waals surface area (Å²) in [7, 11) is 0. The number of carbonyl (C=O) groups excluding carboxylic acids is 1. The monoisotopic (exact) mass is 342 g/mol.